The molecular formula is C13H20N2O. The Bertz CT molecular complexity index is 332. The average Bonchev–Trinajstić information content (AvgIpc) is 2.28. The van der Waals surface area contributed by atoms with Crippen molar-refractivity contribution in [1.29, 1.82) is 0 Å². The molecule has 0 amide bonds. The van der Waals surface area contributed by atoms with Crippen molar-refractivity contribution in [2.45, 2.75) is 12.8 Å². The second-order valence-electron chi connectivity index (χ2n) is 4.68. The maximum atomic E-state index is 9.34. The topological polar surface area (TPSA) is 35.5 Å². The molecule has 88 valence electrons. The summed E-state index contributed by atoms with van der Waals surface area (Å²) in [6, 6.07) is 7.33. The molecule has 0 unspecified atom stereocenters. The highest BCUT2D eigenvalue weighted by atomic mass is 16.3. The molecule has 1 heterocycles. The zero-order valence-electron chi connectivity index (χ0n) is 9.82. The molecule has 0 spiro atoms. The zero-order chi connectivity index (χ0) is 11.4. The van der Waals surface area contributed by atoms with Crippen LogP contribution in [0.1, 0.15) is 12.8 Å². The van der Waals surface area contributed by atoms with Crippen molar-refractivity contribution in [3.63, 3.8) is 0 Å². The molecule has 0 atom stereocenters. The lowest BCUT2D eigenvalue weighted by atomic mass is 9.97. The molecule has 0 saturated carbocycles. The van der Waals surface area contributed by atoms with Crippen LogP contribution in [0.15, 0.2) is 24.3 Å². The van der Waals surface area contributed by atoms with Crippen molar-refractivity contribution in [3.05, 3.63) is 24.3 Å². The molecule has 0 radical (unpaired) electrons. The van der Waals surface area contributed by atoms with E-state index in [0.29, 0.717) is 5.75 Å². The summed E-state index contributed by atoms with van der Waals surface area (Å²) in [5.74, 6) is 1.09. The molecule has 1 aromatic rings. The maximum Gasteiger partial charge on any atom is 0.117 e. The fraction of sp³-hybridized carbons (Fsp3) is 0.538. The van der Waals surface area contributed by atoms with Gasteiger partial charge in [-0.2, -0.15) is 0 Å². The molecule has 16 heavy (non-hydrogen) atoms. The minimum atomic E-state index is 0.327. The number of hydrogen-bond acceptors (Lipinski definition) is 3. The van der Waals surface area contributed by atoms with Crippen molar-refractivity contribution in [2.75, 3.05) is 32.0 Å². The first-order valence-corrected chi connectivity index (χ1v) is 5.95. The lowest BCUT2D eigenvalue weighted by Crippen LogP contribution is -2.32. The molecule has 1 aromatic carbocycles. The van der Waals surface area contributed by atoms with E-state index in [1.54, 1.807) is 12.1 Å². The number of nitrogens with one attached hydrogen (secondary N) is 1. The number of aromatic hydroxyl groups is 1. The van der Waals surface area contributed by atoms with Gasteiger partial charge in [-0.1, -0.05) is 6.07 Å². The molecule has 3 nitrogen and oxygen atoms in total. The number of anilines is 1. The number of phenols is 1. The van der Waals surface area contributed by atoms with E-state index >= 15 is 0 Å². The Morgan fingerprint density at radius 2 is 2.12 bits per heavy atom. The number of benzene rings is 1. The normalized spacial score (nSPS) is 18.6. The molecule has 1 fully saturated rings. The number of phenolic OH excluding ortho intramolecular Hbond substituents is 1. The van der Waals surface area contributed by atoms with Crippen LogP contribution in [0.5, 0.6) is 5.75 Å². The second-order valence-corrected chi connectivity index (χ2v) is 4.68. The van der Waals surface area contributed by atoms with E-state index in [1.165, 1.54) is 25.9 Å². The van der Waals surface area contributed by atoms with E-state index < -0.39 is 0 Å². The highest BCUT2D eigenvalue weighted by Gasteiger charge is 2.15. The SMILES string of the molecule is CN1CCC(CNc2cccc(O)c2)CC1. The first-order valence-electron chi connectivity index (χ1n) is 5.95. The van der Waals surface area contributed by atoms with Gasteiger partial charge in [0.1, 0.15) is 5.75 Å². The summed E-state index contributed by atoms with van der Waals surface area (Å²) < 4.78 is 0. The number of piperidine rings is 1. The lowest BCUT2D eigenvalue weighted by Gasteiger charge is -2.29. The van der Waals surface area contributed by atoms with Crippen molar-refractivity contribution < 1.29 is 5.11 Å². The van der Waals surface area contributed by atoms with Crippen LogP contribution in [-0.4, -0.2) is 36.7 Å². The molecule has 0 bridgehead atoms. The third kappa shape index (κ3) is 3.14. The smallest absolute Gasteiger partial charge is 0.117 e. The van der Waals surface area contributed by atoms with Crippen molar-refractivity contribution in [1.82, 2.24) is 4.90 Å². The van der Waals surface area contributed by atoms with Gasteiger partial charge >= 0.3 is 0 Å². The van der Waals surface area contributed by atoms with Gasteiger partial charge in [-0.3, -0.25) is 0 Å². The van der Waals surface area contributed by atoms with E-state index in [-0.39, 0.29) is 0 Å². The van der Waals surface area contributed by atoms with Gasteiger partial charge < -0.3 is 15.3 Å². The monoisotopic (exact) mass is 220 g/mol. The number of nitrogens with zero attached hydrogens (tertiary/aromatic N) is 1. The van der Waals surface area contributed by atoms with E-state index in [0.717, 1.165) is 18.2 Å². The van der Waals surface area contributed by atoms with Gasteiger partial charge in [0.2, 0.25) is 0 Å². The summed E-state index contributed by atoms with van der Waals surface area (Å²) in [5.41, 5.74) is 1.01. The van der Waals surface area contributed by atoms with E-state index in [1.807, 2.05) is 12.1 Å². The predicted octanol–water partition coefficient (Wildman–Crippen LogP) is 2.15. The predicted molar refractivity (Wildman–Crippen MR) is 66.8 cm³/mol. The Balaban J connectivity index is 1.79. The summed E-state index contributed by atoms with van der Waals surface area (Å²) in [5, 5.41) is 12.7. The van der Waals surface area contributed by atoms with Crippen molar-refractivity contribution in [3.8, 4) is 5.75 Å². The third-order valence-corrected chi connectivity index (χ3v) is 3.28. The number of rotatable bonds is 3. The van der Waals surface area contributed by atoms with Crippen LogP contribution in [0.25, 0.3) is 0 Å². The fourth-order valence-corrected chi connectivity index (χ4v) is 2.14. The molecular weight excluding hydrogens is 200 g/mol. The third-order valence-electron chi connectivity index (χ3n) is 3.28. The van der Waals surface area contributed by atoms with Gasteiger partial charge in [-0.15, -0.1) is 0 Å². The molecule has 0 aromatic heterocycles. The molecule has 1 saturated heterocycles. The van der Waals surface area contributed by atoms with Crippen molar-refractivity contribution in [2.24, 2.45) is 5.92 Å². The summed E-state index contributed by atoms with van der Waals surface area (Å²) >= 11 is 0. The average molecular weight is 220 g/mol. The second kappa shape index (κ2) is 5.21. The van der Waals surface area contributed by atoms with Crippen LogP contribution in [0.2, 0.25) is 0 Å². The van der Waals surface area contributed by atoms with Crippen LogP contribution < -0.4 is 5.32 Å². The van der Waals surface area contributed by atoms with Crippen molar-refractivity contribution >= 4 is 5.69 Å². The highest BCUT2D eigenvalue weighted by Crippen LogP contribution is 2.19. The summed E-state index contributed by atoms with van der Waals surface area (Å²) in [4.78, 5) is 2.38. The molecule has 3 heteroatoms. The molecule has 2 N–H and O–H groups in total. The Morgan fingerprint density at radius 1 is 1.38 bits per heavy atom. The van der Waals surface area contributed by atoms with Gasteiger partial charge in [0, 0.05) is 18.3 Å². The van der Waals surface area contributed by atoms with Gasteiger partial charge in [0.15, 0.2) is 0 Å². The molecule has 0 aliphatic carbocycles. The summed E-state index contributed by atoms with van der Waals surface area (Å²) in [6.45, 7) is 3.41. The number of likely N-dealkylation sites (tertiary alicyclic amines) is 1. The number of hydrogen-bond donors (Lipinski definition) is 2. The fourth-order valence-electron chi connectivity index (χ4n) is 2.14. The van der Waals surface area contributed by atoms with Gasteiger partial charge in [0.25, 0.3) is 0 Å². The standard InChI is InChI=1S/C13H20N2O/c1-15-7-5-11(6-8-15)10-14-12-3-2-4-13(16)9-12/h2-4,9,11,14,16H,5-8,10H2,1H3. The highest BCUT2D eigenvalue weighted by molar-refractivity contribution is 5.47. The Kier molecular flexibility index (Phi) is 3.67. The van der Waals surface area contributed by atoms with Crippen LogP contribution in [0, 0.1) is 5.92 Å². The maximum absolute atomic E-state index is 9.34. The molecule has 2 rings (SSSR count). The van der Waals surface area contributed by atoms with Crippen LogP contribution in [0.3, 0.4) is 0 Å². The minimum Gasteiger partial charge on any atom is -0.508 e. The van der Waals surface area contributed by atoms with Crippen LogP contribution >= 0.6 is 0 Å². The van der Waals surface area contributed by atoms with Gasteiger partial charge in [-0.25, -0.2) is 0 Å². The largest absolute Gasteiger partial charge is 0.508 e. The van der Waals surface area contributed by atoms with E-state index in [9.17, 15) is 5.11 Å². The first kappa shape index (κ1) is 11.3. The Morgan fingerprint density at radius 3 is 2.81 bits per heavy atom. The van der Waals surface area contributed by atoms with Crippen LogP contribution in [-0.2, 0) is 0 Å². The zero-order valence-corrected chi connectivity index (χ0v) is 9.82. The van der Waals surface area contributed by atoms with E-state index in [4.69, 9.17) is 0 Å². The summed E-state index contributed by atoms with van der Waals surface area (Å²) in [7, 11) is 2.18. The van der Waals surface area contributed by atoms with Crippen LogP contribution in [0.4, 0.5) is 5.69 Å². The van der Waals surface area contributed by atoms with Gasteiger partial charge in [-0.05, 0) is 51.0 Å². The minimum absolute atomic E-state index is 0.327. The Hall–Kier alpha value is -1.22. The molecule has 1 aliphatic rings. The molecule has 1 aliphatic heterocycles. The lowest BCUT2D eigenvalue weighted by molar-refractivity contribution is 0.226. The van der Waals surface area contributed by atoms with Gasteiger partial charge in [0.05, 0.1) is 0 Å². The summed E-state index contributed by atoms with van der Waals surface area (Å²) in [6.07, 6.45) is 2.53. The Labute approximate surface area is 97.1 Å². The quantitative estimate of drug-likeness (QED) is 0.819. The van der Waals surface area contributed by atoms with E-state index in [2.05, 4.69) is 17.3 Å². The first-order chi connectivity index (χ1) is 7.74.